The zero-order valence-corrected chi connectivity index (χ0v) is 22.6. The van der Waals surface area contributed by atoms with Gasteiger partial charge in [0, 0.05) is 37.1 Å². The molecule has 1 aliphatic heterocycles. The standard InChI is InChI=1S/C25H29F3N8O2S/c1-4-7-16-12-17-20(35-9-10-36-19(14-35)32-33-23(36)25(26,27)28)30-24(31-22(17)39-16)34(5-2)13-15(3)29-21(37)18-8-6-11-38-18/h6,8,11-12,15H,4-5,7,9-10,13-14H2,1-3H3,(H,29,37)/t15-/m0/s1. The number of carbonyl (C=O) groups is 1. The van der Waals surface area contributed by atoms with Gasteiger partial charge in [0.05, 0.1) is 18.2 Å². The van der Waals surface area contributed by atoms with Crippen LogP contribution in [0.3, 0.4) is 0 Å². The summed E-state index contributed by atoms with van der Waals surface area (Å²) < 4.78 is 46.4. The fourth-order valence-corrected chi connectivity index (χ4v) is 5.80. The van der Waals surface area contributed by atoms with Gasteiger partial charge < -0.3 is 24.1 Å². The molecule has 14 heteroatoms. The van der Waals surface area contributed by atoms with Crippen LogP contribution < -0.4 is 15.1 Å². The van der Waals surface area contributed by atoms with Crippen molar-refractivity contribution in [2.75, 3.05) is 29.4 Å². The zero-order chi connectivity index (χ0) is 27.7. The van der Waals surface area contributed by atoms with Gasteiger partial charge in [-0.15, -0.1) is 21.5 Å². The average Bonchev–Trinajstić information content (AvgIpc) is 3.65. The van der Waals surface area contributed by atoms with Crippen LogP contribution in [-0.2, 0) is 25.7 Å². The van der Waals surface area contributed by atoms with Crippen LogP contribution in [0.1, 0.15) is 54.3 Å². The number of alkyl halides is 3. The SMILES string of the molecule is CCCc1cc2c(N3CCn4c(nnc4C(F)(F)F)C3)nc(N(CC)C[C@H](C)NC(=O)c3ccco3)nc2s1. The Labute approximate surface area is 226 Å². The van der Waals surface area contributed by atoms with Gasteiger partial charge in [0.2, 0.25) is 11.8 Å². The molecular formula is C25H29F3N8O2S. The molecule has 5 heterocycles. The Bertz CT molecular complexity index is 1450. The molecule has 1 aliphatic rings. The van der Waals surface area contributed by atoms with E-state index in [1.165, 1.54) is 11.1 Å². The quantitative estimate of drug-likeness (QED) is 0.318. The predicted molar refractivity (Wildman–Crippen MR) is 141 cm³/mol. The summed E-state index contributed by atoms with van der Waals surface area (Å²) >= 11 is 1.59. The van der Waals surface area contributed by atoms with Crippen LogP contribution in [-0.4, -0.2) is 56.3 Å². The first-order chi connectivity index (χ1) is 18.7. The lowest BCUT2D eigenvalue weighted by Gasteiger charge is -2.31. The number of anilines is 2. The Kier molecular flexibility index (Phi) is 7.47. The fourth-order valence-electron chi connectivity index (χ4n) is 4.68. The largest absolute Gasteiger partial charge is 0.459 e. The third kappa shape index (κ3) is 5.56. The van der Waals surface area contributed by atoms with E-state index in [4.69, 9.17) is 14.4 Å². The number of rotatable bonds is 9. The van der Waals surface area contributed by atoms with Crippen molar-refractivity contribution in [3.63, 3.8) is 0 Å². The molecule has 0 aromatic carbocycles. The van der Waals surface area contributed by atoms with Crippen molar-refractivity contribution in [3.8, 4) is 0 Å². The maximum absolute atomic E-state index is 13.4. The van der Waals surface area contributed by atoms with Crippen molar-refractivity contribution < 1.29 is 22.4 Å². The van der Waals surface area contributed by atoms with Gasteiger partial charge in [0.1, 0.15) is 10.6 Å². The highest BCUT2D eigenvalue weighted by atomic mass is 32.1. The van der Waals surface area contributed by atoms with Crippen molar-refractivity contribution in [2.45, 2.75) is 58.9 Å². The topological polar surface area (TPSA) is 105 Å². The molecule has 0 saturated heterocycles. The van der Waals surface area contributed by atoms with Gasteiger partial charge in [-0.3, -0.25) is 4.79 Å². The van der Waals surface area contributed by atoms with Crippen molar-refractivity contribution >= 4 is 39.2 Å². The molecule has 5 rings (SSSR count). The van der Waals surface area contributed by atoms with Crippen molar-refractivity contribution in [1.29, 1.82) is 0 Å². The van der Waals surface area contributed by atoms with Crippen LogP contribution in [0.2, 0.25) is 0 Å². The van der Waals surface area contributed by atoms with Gasteiger partial charge in [-0.2, -0.15) is 18.2 Å². The molecule has 0 spiro atoms. The highest BCUT2D eigenvalue weighted by Crippen LogP contribution is 2.36. The summed E-state index contributed by atoms with van der Waals surface area (Å²) in [5, 5.41) is 11.0. The van der Waals surface area contributed by atoms with Crippen LogP contribution in [0.4, 0.5) is 24.9 Å². The summed E-state index contributed by atoms with van der Waals surface area (Å²) in [6.07, 6.45) is -1.24. The number of fused-ring (bicyclic) bond motifs is 2. The van der Waals surface area contributed by atoms with Crippen LogP contribution in [0, 0.1) is 0 Å². The normalized spacial score (nSPS) is 14.5. The number of carbonyl (C=O) groups excluding carboxylic acids is 1. The molecular weight excluding hydrogens is 533 g/mol. The average molecular weight is 563 g/mol. The molecule has 0 saturated carbocycles. The highest BCUT2D eigenvalue weighted by molar-refractivity contribution is 7.18. The van der Waals surface area contributed by atoms with Gasteiger partial charge in [0.15, 0.2) is 11.6 Å². The number of likely N-dealkylation sites (N-methyl/N-ethyl adjacent to an activating group) is 1. The van der Waals surface area contributed by atoms with Crippen molar-refractivity contribution in [1.82, 2.24) is 30.0 Å². The number of aryl methyl sites for hydroxylation is 1. The van der Waals surface area contributed by atoms with Crippen LogP contribution in [0.25, 0.3) is 10.2 Å². The van der Waals surface area contributed by atoms with E-state index in [-0.39, 0.29) is 36.6 Å². The van der Waals surface area contributed by atoms with Gasteiger partial charge in [-0.1, -0.05) is 13.3 Å². The second-order valence-electron chi connectivity index (χ2n) is 9.43. The minimum Gasteiger partial charge on any atom is -0.459 e. The summed E-state index contributed by atoms with van der Waals surface area (Å²) in [6, 6.07) is 5.10. The number of amides is 1. The van der Waals surface area contributed by atoms with Gasteiger partial charge in [-0.25, -0.2) is 4.98 Å². The molecule has 0 fully saturated rings. The van der Waals surface area contributed by atoms with E-state index in [1.807, 2.05) is 23.6 Å². The molecule has 0 unspecified atom stereocenters. The lowest BCUT2D eigenvalue weighted by atomic mass is 10.2. The smallest absolute Gasteiger partial charge is 0.451 e. The summed E-state index contributed by atoms with van der Waals surface area (Å²) in [6.45, 7) is 7.57. The number of halogens is 3. The Morgan fingerprint density at radius 3 is 2.77 bits per heavy atom. The third-order valence-electron chi connectivity index (χ3n) is 6.50. The van der Waals surface area contributed by atoms with E-state index in [0.29, 0.717) is 31.4 Å². The molecule has 4 aromatic heterocycles. The van der Waals surface area contributed by atoms with E-state index in [9.17, 15) is 18.0 Å². The minimum absolute atomic E-state index is 0.0945. The van der Waals surface area contributed by atoms with E-state index in [0.717, 1.165) is 27.6 Å². The van der Waals surface area contributed by atoms with E-state index < -0.39 is 12.0 Å². The summed E-state index contributed by atoms with van der Waals surface area (Å²) in [4.78, 5) is 28.1. The number of hydrogen-bond donors (Lipinski definition) is 1. The molecule has 10 nitrogen and oxygen atoms in total. The molecule has 1 atom stereocenters. The number of furan rings is 1. The highest BCUT2D eigenvalue weighted by Gasteiger charge is 2.40. The number of thiophene rings is 1. The number of nitrogens with one attached hydrogen (secondary N) is 1. The van der Waals surface area contributed by atoms with Gasteiger partial charge in [-0.05, 0) is 38.5 Å². The Hall–Kier alpha value is -3.68. The molecule has 208 valence electrons. The lowest BCUT2D eigenvalue weighted by molar-refractivity contribution is -0.147. The molecule has 0 radical (unpaired) electrons. The third-order valence-corrected chi connectivity index (χ3v) is 7.58. The van der Waals surface area contributed by atoms with E-state index >= 15 is 0 Å². The van der Waals surface area contributed by atoms with Crippen LogP contribution in [0.15, 0.2) is 28.9 Å². The van der Waals surface area contributed by atoms with E-state index in [1.54, 1.807) is 23.5 Å². The molecule has 0 aliphatic carbocycles. The maximum Gasteiger partial charge on any atom is 0.451 e. The second kappa shape index (κ2) is 10.8. The first-order valence-electron chi connectivity index (χ1n) is 12.8. The maximum atomic E-state index is 13.4. The van der Waals surface area contributed by atoms with Crippen molar-refractivity contribution in [3.05, 3.63) is 46.7 Å². The first-order valence-corrected chi connectivity index (χ1v) is 13.6. The number of hydrogen-bond acceptors (Lipinski definition) is 9. The zero-order valence-electron chi connectivity index (χ0n) is 21.8. The monoisotopic (exact) mass is 562 g/mol. The summed E-state index contributed by atoms with van der Waals surface area (Å²) in [5.41, 5.74) is 0. The fraction of sp³-hybridized carbons (Fsp3) is 0.480. The number of aromatic nitrogens is 5. The Morgan fingerprint density at radius 1 is 1.26 bits per heavy atom. The van der Waals surface area contributed by atoms with Crippen LogP contribution >= 0.6 is 11.3 Å². The summed E-state index contributed by atoms with van der Waals surface area (Å²) in [5.74, 6) is 0.341. The lowest BCUT2D eigenvalue weighted by Crippen LogP contribution is -2.42. The number of nitrogens with zero attached hydrogens (tertiary/aromatic N) is 7. The molecule has 0 bridgehead atoms. The predicted octanol–water partition coefficient (Wildman–Crippen LogP) is 4.51. The van der Waals surface area contributed by atoms with E-state index in [2.05, 4.69) is 28.5 Å². The van der Waals surface area contributed by atoms with Crippen LogP contribution in [0.5, 0.6) is 0 Å². The first kappa shape index (κ1) is 26.9. The molecule has 39 heavy (non-hydrogen) atoms. The minimum atomic E-state index is -4.56. The summed E-state index contributed by atoms with van der Waals surface area (Å²) in [7, 11) is 0. The Balaban J connectivity index is 1.45. The van der Waals surface area contributed by atoms with Crippen molar-refractivity contribution in [2.24, 2.45) is 0 Å². The molecule has 4 aromatic rings. The molecule has 1 N–H and O–H groups in total. The van der Waals surface area contributed by atoms with Gasteiger partial charge in [0.25, 0.3) is 5.91 Å². The second-order valence-corrected chi connectivity index (χ2v) is 10.5. The van der Waals surface area contributed by atoms with Gasteiger partial charge >= 0.3 is 6.18 Å². The molecule has 1 amide bonds. The Morgan fingerprint density at radius 2 is 2.08 bits per heavy atom.